The van der Waals surface area contributed by atoms with Crippen molar-refractivity contribution in [2.45, 2.75) is 18.7 Å². The lowest BCUT2D eigenvalue weighted by Gasteiger charge is -2.33. The Morgan fingerprint density at radius 2 is 2.00 bits per heavy atom. The fraction of sp³-hybridized carbons (Fsp3) is 0.462. The minimum absolute atomic E-state index is 0.0717. The van der Waals surface area contributed by atoms with Crippen LogP contribution < -0.4 is 14.2 Å². The van der Waals surface area contributed by atoms with Gasteiger partial charge >= 0.3 is 12.1 Å². The van der Waals surface area contributed by atoms with Gasteiger partial charge in [-0.3, -0.25) is 4.79 Å². The molecule has 0 saturated heterocycles. The van der Waals surface area contributed by atoms with Crippen molar-refractivity contribution in [2.24, 2.45) is 5.92 Å². The van der Waals surface area contributed by atoms with Crippen LogP contribution in [0, 0.1) is 5.92 Å². The second-order valence-corrected chi connectivity index (χ2v) is 4.55. The normalized spacial score (nSPS) is 21.2. The van der Waals surface area contributed by atoms with Crippen molar-refractivity contribution in [2.75, 3.05) is 14.2 Å². The number of carboxylic acids is 1. The molecule has 1 aliphatic heterocycles. The number of rotatable bonds is 3. The maximum Gasteiger partial charge on any atom is 0.426 e. The smallest absolute Gasteiger partial charge is 0.426 e. The molecule has 0 bridgehead atoms. The molecule has 21 heavy (non-hydrogen) atoms. The largest absolute Gasteiger partial charge is 0.497 e. The van der Waals surface area contributed by atoms with E-state index in [0.717, 1.165) is 0 Å². The molecule has 1 N–H and O–H groups in total. The topological polar surface area (TPSA) is 65.0 Å². The lowest BCUT2D eigenvalue weighted by Crippen LogP contribution is -2.47. The number of alkyl halides is 3. The zero-order valence-corrected chi connectivity index (χ0v) is 11.2. The van der Waals surface area contributed by atoms with Gasteiger partial charge in [0.25, 0.3) is 0 Å². The van der Waals surface area contributed by atoms with Crippen LogP contribution in [0.5, 0.6) is 17.2 Å². The van der Waals surface area contributed by atoms with Gasteiger partial charge in [0, 0.05) is 11.6 Å². The van der Waals surface area contributed by atoms with E-state index in [0.29, 0.717) is 11.3 Å². The molecule has 1 aromatic rings. The number of aliphatic carboxylic acids is 1. The quantitative estimate of drug-likeness (QED) is 0.928. The Kier molecular flexibility index (Phi) is 3.89. The first-order chi connectivity index (χ1) is 9.77. The zero-order valence-electron chi connectivity index (χ0n) is 11.2. The van der Waals surface area contributed by atoms with Gasteiger partial charge in [0.1, 0.15) is 11.7 Å². The first-order valence-electron chi connectivity index (χ1n) is 5.99. The molecule has 2 atom stereocenters. The van der Waals surface area contributed by atoms with E-state index in [1.807, 2.05) is 0 Å². The van der Waals surface area contributed by atoms with Crippen LogP contribution in [0.25, 0.3) is 0 Å². The van der Waals surface area contributed by atoms with Crippen LogP contribution in [0.1, 0.15) is 5.56 Å². The third kappa shape index (κ3) is 2.84. The highest BCUT2D eigenvalue weighted by Crippen LogP contribution is 2.44. The summed E-state index contributed by atoms with van der Waals surface area (Å²) >= 11 is 0. The minimum atomic E-state index is -4.79. The van der Waals surface area contributed by atoms with Crippen LogP contribution in [-0.2, 0) is 11.2 Å². The molecule has 1 aliphatic rings. The minimum Gasteiger partial charge on any atom is -0.497 e. The van der Waals surface area contributed by atoms with Crippen molar-refractivity contribution < 1.29 is 37.3 Å². The molecule has 0 aliphatic carbocycles. The van der Waals surface area contributed by atoms with Crippen LogP contribution in [0.15, 0.2) is 12.1 Å². The summed E-state index contributed by atoms with van der Waals surface area (Å²) in [5.41, 5.74) is 0.305. The standard InChI is InChI=1S/C13H13F3O5/c1-19-7-3-6-4-8(12(17)18)11(13(14,15)16)21-10(6)9(5-7)20-2/h3,5,8,11H,4H2,1-2H3,(H,17,18). The van der Waals surface area contributed by atoms with Gasteiger partial charge in [-0.1, -0.05) is 0 Å². The van der Waals surface area contributed by atoms with Gasteiger partial charge < -0.3 is 19.3 Å². The van der Waals surface area contributed by atoms with E-state index in [2.05, 4.69) is 0 Å². The molecule has 0 amide bonds. The third-order valence-electron chi connectivity index (χ3n) is 3.25. The molecule has 116 valence electrons. The van der Waals surface area contributed by atoms with Gasteiger partial charge in [-0.2, -0.15) is 13.2 Å². The van der Waals surface area contributed by atoms with E-state index in [-0.39, 0.29) is 17.9 Å². The second kappa shape index (κ2) is 5.34. The zero-order chi connectivity index (χ0) is 15.8. The predicted molar refractivity (Wildman–Crippen MR) is 64.8 cm³/mol. The van der Waals surface area contributed by atoms with Crippen LogP contribution in [-0.4, -0.2) is 37.6 Å². The van der Waals surface area contributed by atoms with Gasteiger partial charge in [-0.25, -0.2) is 0 Å². The number of benzene rings is 1. The summed E-state index contributed by atoms with van der Waals surface area (Å²) in [5.74, 6) is -2.96. The maximum absolute atomic E-state index is 13.0. The summed E-state index contributed by atoms with van der Waals surface area (Å²) < 4.78 is 53.8. The van der Waals surface area contributed by atoms with E-state index in [4.69, 9.17) is 19.3 Å². The number of ether oxygens (including phenoxy) is 3. The number of methoxy groups -OCH3 is 2. The monoisotopic (exact) mass is 306 g/mol. The number of hydrogen-bond acceptors (Lipinski definition) is 4. The highest BCUT2D eigenvalue weighted by molar-refractivity contribution is 5.72. The summed E-state index contributed by atoms with van der Waals surface area (Å²) in [6.07, 6.45) is -7.52. The molecule has 0 aromatic heterocycles. The van der Waals surface area contributed by atoms with Crippen molar-refractivity contribution in [1.29, 1.82) is 0 Å². The summed E-state index contributed by atoms with van der Waals surface area (Å²) in [6, 6.07) is 2.83. The van der Waals surface area contributed by atoms with E-state index >= 15 is 0 Å². The van der Waals surface area contributed by atoms with Gasteiger partial charge in [0.2, 0.25) is 6.10 Å². The maximum atomic E-state index is 13.0. The number of fused-ring (bicyclic) bond motifs is 1. The van der Waals surface area contributed by atoms with Gasteiger partial charge in [0.05, 0.1) is 14.2 Å². The molecule has 0 fully saturated rings. The Labute approximate surface area is 118 Å². The number of halogens is 3. The highest BCUT2D eigenvalue weighted by Gasteiger charge is 2.52. The van der Waals surface area contributed by atoms with Crippen molar-refractivity contribution in [3.8, 4) is 17.2 Å². The molecule has 8 heteroatoms. The molecule has 5 nitrogen and oxygen atoms in total. The van der Waals surface area contributed by atoms with E-state index < -0.39 is 24.2 Å². The summed E-state index contributed by atoms with van der Waals surface area (Å²) in [7, 11) is 2.67. The summed E-state index contributed by atoms with van der Waals surface area (Å²) in [6.45, 7) is 0. The molecular formula is C13H13F3O5. The van der Waals surface area contributed by atoms with Crippen molar-refractivity contribution in [3.05, 3.63) is 17.7 Å². The Hall–Kier alpha value is -2.12. The van der Waals surface area contributed by atoms with E-state index in [1.54, 1.807) is 0 Å². The first-order valence-corrected chi connectivity index (χ1v) is 5.99. The van der Waals surface area contributed by atoms with Gasteiger partial charge in [-0.05, 0) is 12.5 Å². The molecule has 1 heterocycles. The van der Waals surface area contributed by atoms with Gasteiger partial charge in [0.15, 0.2) is 11.5 Å². The van der Waals surface area contributed by atoms with Crippen LogP contribution >= 0.6 is 0 Å². The van der Waals surface area contributed by atoms with Crippen LogP contribution in [0.3, 0.4) is 0 Å². The average Bonchev–Trinajstić information content (AvgIpc) is 2.43. The lowest BCUT2D eigenvalue weighted by molar-refractivity contribution is -0.217. The highest BCUT2D eigenvalue weighted by atomic mass is 19.4. The fourth-order valence-electron chi connectivity index (χ4n) is 2.25. The van der Waals surface area contributed by atoms with E-state index in [9.17, 15) is 18.0 Å². The molecule has 2 unspecified atom stereocenters. The third-order valence-corrected chi connectivity index (χ3v) is 3.25. The van der Waals surface area contributed by atoms with Crippen molar-refractivity contribution in [1.82, 2.24) is 0 Å². The molecule has 0 radical (unpaired) electrons. The average molecular weight is 306 g/mol. The Morgan fingerprint density at radius 3 is 2.48 bits per heavy atom. The van der Waals surface area contributed by atoms with Crippen LogP contribution in [0.4, 0.5) is 13.2 Å². The molecule has 0 saturated carbocycles. The summed E-state index contributed by atoms with van der Waals surface area (Å²) in [4.78, 5) is 11.1. The van der Waals surface area contributed by atoms with Gasteiger partial charge in [-0.15, -0.1) is 0 Å². The Balaban J connectivity index is 2.51. The Bertz CT molecular complexity index is 555. The number of hydrogen-bond donors (Lipinski definition) is 1. The van der Waals surface area contributed by atoms with Crippen LogP contribution in [0.2, 0.25) is 0 Å². The second-order valence-electron chi connectivity index (χ2n) is 4.55. The first kappa shape index (κ1) is 15.3. The van der Waals surface area contributed by atoms with Crippen molar-refractivity contribution >= 4 is 5.97 Å². The molecule has 0 spiro atoms. The van der Waals surface area contributed by atoms with E-state index in [1.165, 1.54) is 26.4 Å². The predicted octanol–water partition coefficient (Wildman–Crippen LogP) is 2.27. The summed E-state index contributed by atoms with van der Waals surface area (Å²) in [5, 5.41) is 9.01. The fourth-order valence-corrected chi connectivity index (χ4v) is 2.25. The molecular weight excluding hydrogens is 293 g/mol. The number of carbonyl (C=O) groups is 1. The number of carboxylic acid groups (broad SMARTS) is 1. The van der Waals surface area contributed by atoms with Crippen molar-refractivity contribution in [3.63, 3.8) is 0 Å². The molecule has 1 aromatic carbocycles. The molecule has 2 rings (SSSR count). The Morgan fingerprint density at radius 1 is 1.33 bits per heavy atom. The lowest BCUT2D eigenvalue weighted by atomic mass is 9.90. The SMILES string of the molecule is COc1cc2c(c(OC)c1)OC(C(F)(F)F)C(C(=O)O)C2.